The van der Waals surface area contributed by atoms with Crippen LogP contribution in [0, 0.1) is 0 Å². The molecule has 11 heteroatoms. The number of carboxylic acid groups (broad SMARTS) is 1. The number of ether oxygens (including phenoxy) is 2. The lowest BCUT2D eigenvalue weighted by atomic mass is 10.2. The molecule has 0 atom stereocenters. The van der Waals surface area contributed by atoms with Crippen LogP contribution in [0.2, 0.25) is 10.0 Å². The number of carbonyl (C=O) groups is 1. The van der Waals surface area contributed by atoms with Gasteiger partial charge in [-0.1, -0.05) is 52.1 Å². The van der Waals surface area contributed by atoms with E-state index in [9.17, 15) is 9.90 Å². The van der Waals surface area contributed by atoms with Crippen LogP contribution in [0.5, 0.6) is 11.5 Å². The number of H-pyrrole nitrogens is 1. The van der Waals surface area contributed by atoms with E-state index in [1.165, 1.54) is 13.2 Å². The normalized spacial score (nSPS) is 11.5. The number of thioether (sulfide) groups is 1. The predicted octanol–water partition coefficient (Wildman–Crippen LogP) is 6.24. The van der Waals surface area contributed by atoms with Crippen LogP contribution in [0.3, 0.4) is 0 Å². The number of carboxylic acids is 1. The summed E-state index contributed by atoms with van der Waals surface area (Å²) in [6.07, 6.45) is 2.19. The van der Waals surface area contributed by atoms with Gasteiger partial charge in [0.25, 0.3) is 0 Å². The van der Waals surface area contributed by atoms with E-state index < -0.39 is 5.97 Å². The van der Waals surface area contributed by atoms with Crippen LogP contribution in [0.25, 0.3) is 6.08 Å². The van der Waals surface area contributed by atoms with E-state index in [4.69, 9.17) is 32.7 Å². The number of nitrogens with one attached hydrogen (secondary N) is 1. The first kappa shape index (κ1) is 24.4. The van der Waals surface area contributed by atoms with Crippen molar-refractivity contribution >= 4 is 62.9 Å². The van der Waals surface area contributed by atoms with Crippen LogP contribution in [0.1, 0.15) is 23.9 Å². The summed E-state index contributed by atoms with van der Waals surface area (Å²) in [5.41, 5.74) is 1.36. The Labute approximate surface area is 207 Å². The smallest absolute Gasteiger partial charge is 0.342 e. The second kappa shape index (κ2) is 11.1. The van der Waals surface area contributed by atoms with Gasteiger partial charge in [-0.25, -0.2) is 9.78 Å². The number of aliphatic carboxylic acids is 1. The number of methoxy groups -OCH3 is 1. The summed E-state index contributed by atoms with van der Waals surface area (Å²) in [5, 5.41) is 17.8. The Morgan fingerprint density at radius 1 is 1.28 bits per heavy atom. The quantitative estimate of drug-likeness (QED) is 0.237. The van der Waals surface area contributed by atoms with Crippen LogP contribution < -0.4 is 9.47 Å². The summed E-state index contributed by atoms with van der Waals surface area (Å²) in [4.78, 5) is 16.1. The second-order valence-electron chi connectivity index (χ2n) is 6.38. The average molecular weight is 559 g/mol. The van der Waals surface area contributed by atoms with Gasteiger partial charge in [0, 0.05) is 26.5 Å². The summed E-state index contributed by atoms with van der Waals surface area (Å²) < 4.78 is 12.0. The number of rotatable bonds is 9. The minimum Gasteiger partial charge on any atom is -0.493 e. The molecule has 1 heterocycles. The monoisotopic (exact) mass is 557 g/mol. The lowest BCUT2D eigenvalue weighted by Gasteiger charge is -2.14. The number of halogens is 3. The highest BCUT2D eigenvalue weighted by Gasteiger charge is 2.16. The predicted molar refractivity (Wildman–Crippen MR) is 129 cm³/mol. The summed E-state index contributed by atoms with van der Waals surface area (Å²) >= 11 is 16.6. The summed E-state index contributed by atoms with van der Waals surface area (Å²) in [6, 6.07) is 8.55. The molecular formula is C21H18BrCl2N3O4S. The second-order valence-corrected chi connectivity index (χ2v) is 9.09. The molecule has 168 valence electrons. The molecule has 0 saturated heterocycles. The number of aromatic nitrogens is 3. The minimum atomic E-state index is -1.10. The number of benzene rings is 2. The fraction of sp³-hybridized carbons (Fsp3) is 0.190. The molecule has 0 radical (unpaired) electrons. The molecule has 0 spiro atoms. The van der Waals surface area contributed by atoms with E-state index in [0.29, 0.717) is 49.0 Å². The molecule has 0 amide bonds. The molecule has 0 aliphatic rings. The van der Waals surface area contributed by atoms with E-state index in [1.807, 2.05) is 6.92 Å². The Bertz CT molecular complexity index is 1170. The number of hydrogen-bond donors (Lipinski definition) is 2. The molecular weight excluding hydrogens is 541 g/mol. The number of aromatic amines is 1. The van der Waals surface area contributed by atoms with E-state index in [0.717, 1.165) is 17.3 Å². The molecule has 1 aromatic heterocycles. The molecule has 0 bridgehead atoms. The molecule has 0 saturated carbocycles. The molecule has 32 heavy (non-hydrogen) atoms. The third-order valence-corrected chi connectivity index (χ3v) is 6.38. The Kier molecular flexibility index (Phi) is 8.47. The minimum absolute atomic E-state index is 0.0519. The SMILES string of the molecule is CCc1nc(S/C(=C\c2cc(OC)c(OCc3ccc(Cl)cc3Cl)cc2Br)C(=O)O)n[nH]1. The Hall–Kier alpha value is -2.20. The first-order chi connectivity index (χ1) is 15.3. The third kappa shape index (κ3) is 6.19. The number of hydrogen-bond acceptors (Lipinski definition) is 6. The lowest BCUT2D eigenvalue weighted by Crippen LogP contribution is -2.00. The van der Waals surface area contributed by atoms with Crippen molar-refractivity contribution in [2.24, 2.45) is 0 Å². The van der Waals surface area contributed by atoms with Crippen molar-refractivity contribution in [2.45, 2.75) is 25.1 Å². The topological polar surface area (TPSA) is 97.3 Å². The molecule has 0 fully saturated rings. The summed E-state index contributed by atoms with van der Waals surface area (Å²) in [7, 11) is 1.51. The van der Waals surface area contributed by atoms with Crippen molar-refractivity contribution in [1.82, 2.24) is 15.2 Å². The van der Waals surface area contributed by atoms with Crippen molar-refractivity contribution in [3.8, 4) is 11.5 Å². The van der Waals surface area contributed by atoms with Gasteiger partial charge in [-0.15, -0.1) is 5.10 Å². The van der Waals surface area contributed by atoms with Crippen LogP contribution in [-0.4, -0.2) is 33.4 Å². The first-order valence-corrected chi connectivity index (χ1v) is 11.7. The van der Waals surface area contributed by atoms with Crippen LogP contribution >= 0.6 is 50.9 Å². The molecule has 0 unspecified atom stereocenters. The van der Waals surface area contributed by atoms with Crippen molar-refractivity contribution in [1.29, 1.82) is 0 Å². The van der Waals surface area contributed by atoms with Gasteiger partial charge in [0.05, 0.1) is 7.11 Å². The van der Waals surface area contributed by atoms with Gasteiger partial charge in [-0.2, -0.15) is 0 Å². The van der Waals surface area contributed by atoms with Crippen LogP contribution in [0.15, 0.2) is 44.9 Å². The van der Waals surface area contributed by atoms with Crippen LogP contribution in [-0.2, 0) is 17.8 Å². The van der Waals surface area contributed by atoms with Gasteiger partial charge in [-0.05, 0) is 47.7 Å². The van der Waals surface area contributed by atoms with E-state index >= 15 is 0 Å². The zero-order chi connectivity index (χ0) is 23.3. The largest absolute Gasteiger partial charge is 0.493 e. The highest BCUT2D eigenvalue weighted by atomic mass is 79.9. The standard InChI is InChI=1S/C21H18BrCl2N3O4S/c1-3-19-25-21(27-26-19)32-18(20(28)29)7-12-6-16(30-2)17(9-14(12)22)31-10-11-4-5-13(23)8-15(11)24/h4-9H,3,10H2,1-2H3,(H,28,29)(H,25,26,27)/b18-7-. The van der Waals surface area contributed by atoms with Gasteiger partial charge in [0.15, 0.2) is 11.5 Å². The van der Waals surface area contributed by atoms with Crippen molar-refractivity contribution in [3.63, 3.8) is 0 Å². The average Bonchev–Trinajstić information content (AvgIpc) is 3.21. The fourth-order valence-corrected chi connectivity index (χ4v) is 4.20. The Balaban J connectivity index is 1.85. The van der Waals surface area contributed by atoms with Gasteiger partial charge in [0.2, 0.25) is 5.16 Å². The number of aryl methyl sites for hydroxylation is 1. The maximum atomic E-state index is 11.8. The molecule has 3 aromatic rings. The van der Waals surface area contributed by atoms with Crippen molar-refractivity contribution in [2.75, 3.05) is 7.11 Å². The Morgan fingerprint density at radius 2 is 2.06 bits per heavy atom. The molecule has 0 aliphatic heterocycles. The maximum absolute atomic E-state index is 11.8. The molecule has 7 nitrogen and oxygen atoms in total. The van der Waals surface area contributed by atoms with Gasteiger partial charge >= 0.3 is 5.97 Å². The molecule has 2 N–H and O–H groups in total. The summed E-state index contributed by atoms with van der Waals surface area (Å²) in [5.74, 6) is 0.489. The van der Waals surface area contributed by atoms with E-state index in [-0.39, 0.29) is 11.5 Å². The molecule has 0 aliphatic carbocycles. The van der Waals surface area contributed by atoms with E-state index in [2.05, 4.69) is 31.1 Å². The van der Waals surface area contributed by atoms with Gasteiger partial charge < -0.3 is 14.6 Å². The zero-order valence-electron chi connectivity index (χ0n) is 17.0. The highest BCUT2D eigenvalue weighted by Crippen LogP contribution is 2.37. The van der Waals surface area contributed by atoms with E-state index in [1.54, 1.807) is 30.3 Å². The van der Waals surface area contributed by atoms with Crippen LogP contribution in [0.4, 0.5) is 0 Å². The fourth-order valence-electron chi connectivity index (χ4n) is 2.58. The van der Waals surface area contributed by atoms with Crippen molar-refractivity contribution < 1.29 is 19.4 Å². The molecule has 2 aromatic carbocycles. The lowest BCUT2D eigenvalue weighted by molar-refractivity contribution is -0.131. The highest BCUT2D eigenvalue weighted by molar-refractivity contribution is 9.10. The molecule has 3 rings (SSSR count). The maximum Gasteiger partial charge on any atom is 0.342 e. The van der Waals surface area contributed by atoms with Gasteiger partial charge in [0.1, 0.15) is 17.3 Å². The van der Waals surface area contributed by atoms with Gasteiger partial charge in [-0.3, -0.25) is 5.10 Å². The summed E-state index contributed by atoms with van der Waals surface area (Å²) in [6.45, 7) is 2.13. The zero-order valence-corrected chi connectivity index (χ0v) is 20.9. The van der Waals surface area contributed by atoms with Crippen molar-refractivity contribution in [3.05, 3.63) is 66.7 Å². The first-order valence-electron chi connectivity index (χ1n) is 9.29. The number of nitrogens with zero attached hydrogens (tertiary/aromatic N) is 2. The third-order valence-electron chi connectivity index (χ3n) is 4.23. The Morgan fingerprint density at radius 3 is 2.69 bits per heavy atom.